The van der Waals surface area contributed by atoms with Gasteiger partial charge in [0.05, 0.1) is 26.2 Å². The molecule has 0 radical (unpaired) electrons. The fourth-order valence-electron chi connectivity index (χ4n) is 1.82. The lowest BCUT2D eigenvalue weighted by atomic mass is 10.0. The van der Waals surface area contributed by atoms with Gasteiger partial charge in [0.2, 0.25) is 5.91 Å². The number of nitrogens with two attached hydrogens (primary N) is 1. The summed E-state index contributed by atoms with van der Waals surface area (Å²) < 4.78 is 15.3. The molecule has 12 heteroatoms. The van der Waals surface area contributed by atoms with Crippen LogP contribution in [0.15, 0.2) is 0 Å². The minimum absolute atomic E-state index is 0.0694. The second kappa shape index (κ2) is 13.9. The fraction of sp³-hybridized carbons (Fsp3) is 0.733. The van der Waals surface area contributed by atoms with Crippen LogP contribution in [0.4, 0.5) is 0 Å². The maximum atomic E-state index is 11.8. The number of likely N-dealkylation sites (N-methyl/N-ethyl adjacent to an activating group) is 3. The van der Waals surface area contributed by atoms with E-state index in [0.717, 1.165) is 0 Å². The van der Waals surface area contributed by atoms with Crippen molar-refractivity contribution in [2.75, 3.05) is 67.1 Å². The fourth-order valence-corrected chi connectivity index (χ4v) is 1.82. The van der Waals surface area contributed by atoms with Crippen molar-refractivity contribution in [1.29, 1.82) is 0 Å². The number of carbonyl (C=O) groups excluding carboxylic acids is 4. The highest BCUT2D eigenvalue weighted by Crippen LogP contribution is 2.10. The van der Waals surface area contributed by atoms with Crippen molar-refractivity contribution in [2.24, 2.45) is 5.73 Å². The number of hydrogen-bond donors (Lipinski definition) is 5. The van der Waals surface area contributed by atoms with Crippen LogP contribution in [0.1, 0.15) is 0 Å². The van der Waals surface area contributed by atoms with Gasteiger partial charge in [0, 0.05) is 0 Å². The molecular weight excluding hydrogens is 362 g/mol. The van der Waals surface area contributed by atoms with Crippen LogP contribution in [-0.2, 0) is 33.4 Å². The van der Waals surface area contributed by atoms with Crippen LogP contribution in [0.25, 0.3) is 0 Å². The first-order valence-corrected chi connectivity index (χ1v) is 8.24. The number of hydrogen-bond acceptors (Lipinski definition) is 11. The molecule has 0 aromatic carbocycles. The lowest BCUT2D eigenvalue weighted by molar-refractivity contribution is -0.157. The average Bonchev–Trinajstić information content (AvgIpc) is 2.63. The van der Waals surface area contributed by atoms with Gasteiger partial charge in [-0.05, 0) is 21.1 Å². The SMILES string of the molecule is CNCC(=O)OCC(COC(=O)CNC)(COC(=O)CNC)NC(=O)CN. The molecule has 0 aliphatic carbocycles. The van der Waals surface area contributed by atoms with Crippen LogP contribution in [0, 0.1) is 0 Å². The molecule has 0 atom stereocenters. The van der Waals surface area contributed by atoms with Crippen molar-refractivity contribution in [1.82, 2.24) is 21.3 Å². The Labute approximate surface area is 157 Å². The topological polar surface area (TPSA) is 170 Å². The molecule has 0 unspecified atom stereocenters. The zero-order valence-corrected chi connectivity index (χ0v) is 15.9. The minimum Gasteiger partial charge on any atom is -0.462 e. The first-order chi connectivity index (χ1) is 12.8. The van der Waals surface area contributed by atoms with E-state index in [4.69, 9.17) is 19.9 Å². The first kappa shape index (κ1) is 24.7. The minimum atomic E-state index is -1.48. The standard InChI is InChI=1S/C15H29N5O7/c1-17-5-12(22)25-8-15(20-11(21)4-16,9-26-13(23)6-18-2)10-27-14(24)7-19-3/h17-19H,4-10,16H2,1-3H3,(H,20,21). The summed E-state index contributed by atoms with van der Waals surface area (Å²) in [5.74, 6) is -2.42. The molecule has 0 heterocycles. The Morgan fingerprint density at radius 1 is 0.741 bits per heavy atom. The largest absolute Gasteiger partial charge is 0.462 e. The normalized spacial score (nSPS) is 10.8. The van der Waals surface area contributed by atoms with Gasteiger partial charge < -0.3 is 41.2 Å². The zero-order chi connectivity index (χ0) is 20.7. The molecule has 0 aliphatic rings. The summed E-state index contributed by atoms with van der Waals surface area (Å²) in [5.41, 5.74) is 3.85. The Morgan fingerprint density at radius 2 is 1.07 bits per heavy atom. The van der Waals surface area contributed by atoms with E-state index in [1.165, 1.54) is 0 Å². The monoisotopic (exact) mass is 391 g/mol. The van der Waals surface area contributed by atoms with Gasteiger partial charge in [-0.25, -0.2) is 0 Å². The number of nitrogens with one attached hydrogen (secondary N) is 4. The first-order valence-electron chi connectivity index (χ1n) is 8.24. The van der Waals surface area contributed by atoms with Crippen molar-refractivity contribution in [3.63, 3.8) is 0 Å². The molecule has 1 amide bonds. The lowest BCUT2D eigenvalue weighted by Gasteiger charge is -2.33. The molecule has 0 fully saturated rings. The molecule has 0 saturated heterocycles. The van der Waals surface area contributed by atoms with Crippen LogP contribution >= 0.6 is 0 Å². The molecular formula is C15H29N5O7. The van der Waals surface area contributed by atoms with Crippen LogP contribution in [0.2, 0.25) is 0 Å². The van der Waals surface area contributed by atoms with E-state index in [-0.39, 0.29) is 46.0 Å². The quantitative estimate of drug-likeness (QED) is 0.145. The van der Waals surface area contributed by atoms with Crippen molar-refractivity contribution < 1.29 is 33.4 Å². The van der Waals surface area contributed by atoms with E-state index >= 15 is 0 Å². The van der Waals surface area contributed by atoms with Crippen LogP contribution in [0.5, 0.6) is 0 Å². The van der Waals surface area contributed by atoms with Gasteiger partial charge in [-0.15, -0.1) is 0 Å². The van der Waals surface area contributed by atoms with Crippen LogP contribution in [-0.4, -0.2) is 96.5 Å². The zero-order valence-electron chi connectivity index (χ0n) is 15.9. The molecule has 12 nitrogen and oxygen atoms in total. The van der Waals surface area contributed by atoms with Crippen molar-refractivity contribution in [3.8, 4) is 0 Å². The van der Waals surface area contributed by atoms with Crippen molar-refractivity contribution >= 4 is 23.8 Å². The second-order valence-electron chi connectivity index (χ2n) is 5.61. The summed E-state index contributed by atoms with van der Waals surface area (Å²) in [6, 6.07) is 0. The summed E-state index contributed by atoms with van der Waals surface area (Å²) in [5, 5.41) is 10.4. The Morgan fingerprint density at radius 3 is 1.33 bits per heavy atom. The van der Waals surface area contributed by atoms with E-state index in [2.05, 4.69) is 21.3 Å². The van der Waals surface area contributed by atoms with Crippen LogP contribution in [0.3, 0.4) is 0 Å². The number of rotatable bonds is 14. The lowest BCUT2D eigenvalue weighted by Crippen LogP contribution is -2.60. The highest BCUT2D eigenvalue weighted by molar-refractivity contribution is 5.79. The summed E-state index contributed by atoms with van der Waals surface area (Å²) in [6.07, 6.45) is 0. The highest BCUT2D eigenvalue weighted by atomic mass is 16.6. The molecule has 0 aromatic rings. The van der Waals surface area contributed by atoms with Gasteiger partial charge in [-0.1, -0.05) is 0 Å². The summed E-state index contributed by atoms with van der Waals surface area (Å²) in [4.78, 5) is 46.9. The number of esters is 3. The van der Waals surface area contributed by atoms with Gasteiger partial charge in [0.1, 0.15) is 25.4 Å². The van der Waals surface area contributed by atoms with E-state index in [9.17, 15) is 19.2 Å². The summed E-state index contributed by atoms with van der Waals surface area (Å²) in [6.45, 7) is -1.74. The molecule has 0 spiro atoms. The Balaban J connectivity index is 5.31. The third-order valence-corrected chi connectivity index (χ3v) is 3.08. The van der Waals surface area contributed by atoms with E-state index in [0.29, 0.717) is 0 Å². The van der Waals surface area contributed by atoms with Gasteiger partial charge in [-0.2, -0.15) is 0 Å². The molecule has 0 aliphatic heterocycles. The third kappa shape index (κ3) is 11.1. The van der Waals surface area contributed by atoms with Gasteiger partial charge in [-0.3, -0.25) is 19.2 Å². The average molecular weight is 391 g/mol. The van der Waals surface area contributed by atoms with Crippen molar-refractivity contribution in [2.45, 2.75) is 5.54 Å². The number of ether oxygens (including phenoxy) is 3. The summed E-state index contributed by atoms with van der Waals surface area (Å²) >= 11 is 0. The highest BCUT2D eigenvalue weighted by Gasteiger charge is 2.37. The number of amides is 1. The maximum absolute atomic E-state index is 11.8. The molecule has 27 heavy (non-hydrogen) atoms. The predicted molar refractivity (Wildman–Crippen MR) is 94.6 cm³/mol. The van der Waals surface area contributed by atoms with Gasteiger partial charge in [0.15, 0.2) is 0 Å². The van der Waals surface area contributed by atoms with E-state index in [1.54, 1.807) is 21.1 Å². The molecule has 156 valence electrons. The van der Waals surface area contributed by atoms with E-state index < -0.39 is 29.4 Å². The Kier molecular flexibility index (Phi) is 12.7. The molecule has 6 N–H and O–H groups in total. The number of carbonyl (C=O) groups is 4. The van der Waals surface area contributed by atoms with Gasteiger partial charge >= 0.3 is 17.9 Å². The summed E-state index contributed by atoms with van der Waals surface area (Å²) in [7, 11) is 4.68. The molecule has 0 saturated carbocycles. The van der Waals surface area contributed by atoms with Crippen LogP contribution < -0.4 is 27.0 Å². The Hall–Kier alpha value is -2.28. The third-order valence-electron chi connectivity index (χ3n) is 3.08. The maximum Gasteiger partial charge on any atom is 0.319 e. The van der Waals surface area contributed by atoms with E-state index in [1.807, 2.05) is 0 Å². The molecule has 0 bridgehead atoms. The smallest absolute Gasteiger partial charge is 0.319 e. The van der Waals surface area contributed by atoms with Crippen molar-refractivity contribution in [3.05, 3.63) is 0 Å². The van der Waals surface area contributed by atoms with Gasteiger partial charge in [0.25, 0.3) is 0 Å². The molecule has 0 aromatic heterocycles. The second-order valence-corrected chi connectivity index (χ2v) is 5.61. The predicted octanol–water partition coefficient (Wildman–Crippen LogP) is -3.91. The molecule has 0 rings (SSSR count). The Bertz CT molecular complexity index is 446.